The van der Waals surface area contributed by atoms with E-state index >= 15 is 0 Å². The lowest BCUT2D eigenvalue weighted by molar-refractivity contribution is -0.127. The molecule has 0 saturated carbocycles. The molecule has 0 heterocycles. The Bertz CT molecular complexity index is 237. The normalized spacial score (nSPS) is 11.9. The first-order chi connectivity index (χ1) is 8.11. The first kappa shape index (κ1) is 16.2. The maximum absolute atomic E-state index is 11.6. The van der Waals surface area contributed by atoms with Crippen molar-refractivity contribution in [2.24, 2.45) is 0 Å². The molecule has 0 aromatic heterocycles. The Balaban J connectivity index is 3.64. The van der Waals surface area contributed by atoms with Crippen molar-refractivity contribution < 1.29 is 14.7 Å². The van der Waals surface area contributed by atoms with E-state index in [-0.39, 0.29) is 24.2 Å². The second kappa shape index (κ2) is 10.4. The van der Waals surface area contributed by atoms with Crippen molar-refractivity contribution in [1.82, 2.24) is 10.6 Å². The Morgan fingerprint density at radius 3 is 2.41 bits per heavy atom. The van der Waals surface area contributed by atoms with E-state index in [0.717, 1.165) is 25.7 Å². The molecule has 100 valence electrons. The molecular formula is C11H22N2O3S. The van der Waals surface area contributed by atoms with Gasteiger partial charge in [-0.05, 0) is 12.8 Å². The summed E-state index contributed by atoms with van der Waals surface area (Å²) in [7, 11) is 0. The van der Waals surface area contributed by atoms with Gasteiger partial charge >= 0.3 is 0 Å². The molecule has 0 aliphatic rings. The van der Waals surface area contributed by atoms with E-state index < -0.39 is 6.04 Å². The maximum atomic E-state index is 11.6. The van der Waals surface area contributed by atoms with Gasteiger partial charge in [0.1, 0.15) is 6.04 Å². The number of hydrogen-bond donors (Lipinski definition) is 4. The smallest absolute Gasteiger partial charge is 0.243 e. The molecule has 2 amide bonds. The second-order valence-electron chi connectivity index (χ2n) is 3.86. The highest BCUT2D eigenvalue weighted by Crippen LogP contribution is 1.98. The van der Waals surface area contributed by atoms with Crippen molar-refractivity contribution in [3.05, 3.63) is 0 Å². The molecule has 0 aliphatic heterocycles. The molecule has 1 unspecified atom stereocenters. The zero-order valence-electron chi connectivity index (χ0n) is 10.2. The first-order valence-corrected chi connectivity index (χ1v) is 6.51. The molecule has 0 aliphatic carbocycles. The Morgan fingerprint density at radius 1 is 1.24 bits per heavy atom. The molecule has 0 aromatic rings. The van der Waals surface area contributed by atoms with Crippen LogP contribution in [-0.2, 0) is 9.59 Å². The summed E-state index contributed by atoms with van der Waals surface area (Å²) in [5.74, 6) is -0.143. The molecule has 5 nitrogen and oxygen atoms in total. The van der Waals surface area contributed by atoms with Crippen LogP contribution in [0, 0.1) is 0 Å². The lowest BCUT2D eigenvalue weighted by Crippen LogP contribution is -2.47. The van der Waals surface area contributed by atoms with E-state index in [9.17, 15) is 9.59 Å². The summed E-state index contributed by atoms with van der Waals surface area (Å²) in [6.07, 6.45) is 3.63. The zero-order chi connectivity index (χ0) is 13.1. The first-order valence-electron chi connectivity index (χ1n) is 5.88. The van der Waals surface area contributed by atoms with Gasteiger partial charge < -0.3 is 15.7 Å². The minimum atomic E-state index is -0.562. The quantitative estimate of drug-likeness (QED) is 0.351. The van der Waals surface area contributed by atoms with Crippen LogP contribution in [-0.4, -0.2) is 41.9 Å². The van der Waals surface area contributed by atoms with Gasteiger partial charge in [0.15, 0.2) is 0 Å². The van der Waals surface area contributed by atoms with Gasteiger partial charge in [0, 0.05) is 25.8 Å². The summed E-state index contributed by atoms with van der Waals surface area (Å²) in [4.78, 5) is 22.4. The number of carbonyl (C=O) groups excluding carboxylic acids is 2. The molecule has 6 heteroatoms. The van der Waals surface area contributed by atoms with Crippen molar-refractivity contribution in [2.75, 3.05) is 18.9 Å². The number of nitrogens with one attached hydrogen (secondary N) is 2. The largest absolute Gasteiger partial charge is 0.396 e. The Hall–Kier alpha value is -0.750. The van der Waals surface area contributed by atoms with Gasteiger partial charge in [-0.3, -0.25) is 9.59 Å². The van der Waals surface area contributed by atoms with Crippen LogP contribution in [0.5, 0.6) is 0 Å². The van der Waals surface area contributed by atoms with Crippen molar-refractivity contribution in [2.45, 2.75) is 38.6 Å². The fourth-order valence-electron chi connectivity index (χ4n) is 1.36. The molecule has 0 saturated heterocycles. The number of thiol groups is 1. The van der Waals surface area contributed by atoms with Crippen LogP contribution in [0.15, 0.2) is 0 Å². The highest BCUT2D eigenvalue weighted by atomic mass is 32.1. The summed E-state index contributed by atoms with van der Waals surface area (Å²) < 4.78 is 0. The Labute approximate surface area is 108 Å². The number of hydrogen-bond acceptors (Lipinski definition) is 4. The fourth-order valence-corrected chi connectivity index (χ4v) is 1.62. The van der Waals surface area contributed by atoms with Crippen LogP contribution >= 0.6 is 12.6 Å². The highest BCUT2D eigenvalue weighted by molar-refractivity contribution is 7.80. The van der Waals surface area contributed by atoms with E-state index in [0.29, 0.717) is 6.54 Å². The summed E-state index contributed by atoms with van der Waals surface area (Å²) in [6, 6.07) is -0.562. The van der Waals surface area contributed by atoms with Gasteiger partial charge in [-0.25, -0.2) is 0 Å². The van der Waals surface area contributed by atoms with E-state index in [1.54, 1.807) is 0 Å². The lowest BCUT2D eigenvalue weighted by atomic mass is 10.2. The van der Waals surface area contributed by atoms with Crippen molar-refractivity contribution in [1.29, 1.82) is 0 Å². The van der Waals surface area contributed by atoms with Gasteiger partial charge in [-0.1, -0.05) is 12.8 Å². The molecule has 17 heavy (non-hydrogen) atoms. The number of carbonyl (C=O) groups is 2. The molecule has 0 bridgehead atoms. The van der Waals surface area contributed by atoms with Crippen molar-refractivity contribution in [3.63, 3.8) is 0 Å². The number of amides is 2. The molecular weight excluding hydrogens is 240 g/mol. The second-order valence-corrected chi connectivity index (χ2v) is 4.23. The lowest BCUT2D eigenvalue weighted by Gasteiger charge is -2.15. The summed E-state index contributed by atoms with van der Waals surface area (Å²) in [6.45, 7) is 2.18. The number of rotatable bonds is 9. The van der Waals surface area contributed by atoms with Gasteiger partial charge in [-0.15, -0.1) is 0 Å². The topological polar surface area (TPSA) is 78.4 Å². The standard InChI is InChI=1S/C11H22N2O3S/c1-9(15)13-10(8-17)11(16)12-6-4-2-3-5-7-14/h10,14,17H,2-8H2,1H3,(H,12,16)(H,13,15). The third-order valence-corrected chi connectivity index (χ3v) is 2.63. The minimum Gasteiger partial charge on any atom is -0.396 e. The van der Waals surface area contributed by atoms with E-state index in [4.69, 9.17) is 5.11 Å². The fraction of sp³-hybridized carbons (Fsp3) is 0.818. The Kier molecular flexibility index (Phi) is 9.95. The van der Waals surface area contributed by atoms with Crippen molar-refractivity contribution in [3.8, 4) is 0 Å². The summed E-state index contributed by atoms with van der Waals surface area (Å²) in [5.41, 5.74) is 0. The molecule has 0 aromatic carbocycles. The summed E-state index contributed by atoms with van der Waals surface area (Å²) in [5, 5.41) is 13.9. The number of aliphatic hydroxyl groups excluding tert-OH is 1. The molecule has 0 rings (SSSR count). The summed E-state index contributed by atoms with van der Waals surface area (Å²) >= 11 is 4.02. The van der Waals surface area contributed by atoms with E-state index in [1.165, 1.54) is 6.92 Å². The van der Waals surface area contributed by atoms with Crippen LogP contribution in [0.25, 0.3) is 0 Å². The van der Waals surface area contributed by atoms with Crippen LogP contribution in [0.1, 0.15) is 32.6 Å². The molecule has 0 fully saturated rings. The predicted octanol–water partition coefficient (Wildman–Crippen LogP) is 0.0898. The van der Waals surface area contributed by atoms with Crippen LogP contribution in [0.2, 0.25) is 0 Å². The number of aliphatic hydroxyl groups is 1. The van der Waals surface area contributed by atoms with Crippen molar-refractivity contribution >= 4 is 24.4 Å². The zero-order valence-corrected chi connectivity index (χ0v) is 11.1. The van der Waals surface area contributed by atoms with Gasteiger partial charge in [0.05, 0.1) is 0 Å². The maximum Gasteiger partial charge on any atom is 0.243 e. The third kappa shape index (κ3) is 9.00. The van der Waals surface area contributed by atoms with Crippen LogP contribution in [0.4, 0.5) is 0 Å². The monoisotopic (exact) mass is 262 g/mol. The molecule has 1 atom stereocenters. The van der Waals surface area contributed by atoms with Crippen LogP contribution in [0.3, 0.4) is 0 Å². The van der Waals surface area contributed by atoms with Gasteiger partial charge in [0.25, 0.3) is 0 Å². The number of unbranched alkanes of at least 4 members (excludes halogenated alkanes) is 3. The SMILES string of the molecule is CC(=O)NC(CS)C(=O)NCCCCCCO. The third-order valence-electron chi connectivity index (χ3n) is 2.26. The average molecular weight is 262 g/mol. The van der Waals surface area contributed by atoms with Gasteiger partial charge in [0.2, 0.25) is 11.8 Å². The predicted molar refractivity (Wildman–Crippen MR) is 70.0 cm³/mol. The van der Waals surface area contributed by atoms with E-state index in [2.05, 4.69) is 23.3 Å². The average Bonchev–Trinajstić information content (AvgIpc) is 2.30. The van der Waals surface area contributed by atoms with Gasteiger partial charge in [-0.2, -0.15) is 12.6 Å². The molecule has 0 radical (unpaired) electrons. The van der Waals surface area contributed by atoms with Crippen LogP contribution < -0.4 is 10.6 Å². The highest BCUT2D eigenvalue weighted by Gasteiger charge is 2.16. The molecule has 0 spiro atoms. The van der Waals surface area contributed by atoms with E-state index in [1.807, 2.05) is 0 Å². The molecule has 3 N–H and O–H groups in total. The minimum absolute atomic E-state index is 0.197. The Morgan fingerprint density at radius 2 is 1.88 bits per heavy atom.